The SMILES string of the molecule is O=C(ON1C(=O)c2ccccc2C1=O)c1cccc(-c2noc(=O)[nH]2)c1. The molecular weight excluding hydrogens is 342 g/mol. The van der Waals surface area contributed by atoms with Crippen molar-refractivity contribution in [2.75, 3.05) is 0 Å². The Morgan fingerprint density at radius 1 is 1.00 bits per heavy atom. The zero-order chi connectivity index (χ0) is 18.3. The number of H-pyrrole nitrogens is 1. The van der Waals surface area contributed by atoms with E-state index in [1.807, 2.05) is 0 Å². The Kier molecular flexibility index (Phi) is 3.47. The van der Waals surface area contributed by atoms with Crippen molar-refractivity contribution in [3.63, 3.8) is 0 Å². The van der Waals surface area contributed by atoms with E-state index in [1.54, 1.807) is 18.2 Å². The lowest BCUT2D eigenvalue weighted by Crippen LogP contribution is -2.32. The summed E-state index contributed by atoms with van der Waals surface area (Å²) >= 11 is 0. The molecule has 0 unspecified atom stereocenters. The number of rotatable bonds is 3. The van der Waals surface area contributed by atoms with Crippen LogP contribution in [0.3, 0.4) is 0 Å². The lowest BCUT2D eigenvalue weighted by atomic mass is 10.1. The smallest absolute Gasteiger partial charge is 0.324 e. The highest BCUT2D eigenvalue weighted by molar-refractivity contribution is 6.21. The Bertz CT molecular complexity index is 1080. The number of benzene rings is 2. The summed E-state index contributed by atoms with van der Waals surface area (Å²) in [5.74, 6) is -2.94. The number of hydroxylamine groups is 2. The number of aromatic nitrogens is 2. The first-order valence-corrected chi connectivity index (χ1v) is 7.41. The molecule has 0 bridgehead atoms. The molecule has 0 saturated carbocycles. The third-order valence-corrected chi connectivity index (χ3v) is 3.74. The van der Waals surface area contributed by atoms with Gasteiger partial charge in [0.05, 0.1) is 16.7 Å². The van der Waals surface area contributed by atoms with Crippen molar-refractivity contribution in [2.24, 2.45) is 0 Å². The average Bonchev–Trinajstić information content (AvgIpc) is 3.20. The second-order valence-corrected chi connectivity index (χ2v) is 5.35. The molecule has 9 nitrogen and oxygen atoms in total. The minimum Gasteiger partial charge on any atom is -0.324 e. The normalized spacial score (nSPS) is 13.0. The second-order valence-electron chi connectivity index (χ2n) is 5.35. The largest absolute Gasteiger partial charge is 0.439 e. The maximum absolute atomic E-state index is 12.3. The second kappa shape index (κ2) is 5.81. The first-order chi connectivity index (χ1) is 12.5. The fraction of sp³-hybridized carbons (Fsp3) is 0. The average molecular weight is 351 g/mol. The molecule has 1 aliphatic heterocycles. The van der Waals surface area contributed by atoms with Gasteiger partial charge >= 0.3 is 11.7 Å². The maximum Gasteiger partial charge on any atom is 0.439 e. The van der Waals surface area contributed by atoms with Crippen LogP contribution in [0.25, 0.3) is 11.4 Å². The molecule has 0 fully saturated rings. The van der Waals surface area contributed by atoms with Gasteiger partial charge in [-0.15, -0.1) is 0 Å². The van der Waals surface area contributed by atoms with Crippen molar-refractivity contribution >= 4 is 17.8 Å². The zero-order valence-electron chi connectivity index (χ0n) is 13.0. The number of amides is 2. The van der Waals surface area contributed by atoms with Crippen molar-refractivity contribution in [1.29, 1.82) is 0 Å². The van der Waals surface area contributed by atoms with Gasteiger partial charge in [0.25, 0.3) is 11.8 Å². The number of imide groups is 1. The summed E-state index contributed by atoms with van der Waals surface area (Å²) in [7, 11) is 0. The van der Waals surface area contributed by atoms with E-state index in [0.717, 1.165) is 0 Å². The Labute approximate surface area is 144 Å². The maximum atomic E-state index is 12.3. The van der Waals surface area contributed by atoms with Crippen molar-refractivity contribution in [3.05, 3.63) is 75.8 Å². The highest BCUT2D eigenvalue weighted by Gasteiger charge is 2.38. The number of carbonyl (C=O) groups is 3. The molecule has 1 aliphatic rings. The van der Waals surface area contributed by atoms with Gasteiger partial charge in [0.1, 0.15) is 0 Å². The van der Waals surface area contributed by atoms with Crippen LogP contribution in [0.15, 0.2) is 57.8 Å². The van der Waals surface area contributed by atoms with Gasteiger partial charge in [0, 0.05) is 5.56 Å². The summed E-state index contributed by atoms with van der Waals surface area (Å²) in [4.78, 5) is 55.2. The minimum absolute atomic E-state index is 0.0582. The van der Waals surface area contributed by atoms with Crippen LogP contribution in [0, 0.1) is 0 Å². The molecule has 1 N–H and O–H groups in total. The highest BCUT2D eigenvalue weighted by Crippen LogP contribution is 2.24. The van der Waals surface area contributed by atoms with Crippen LogP contribution in [-0.2, 0) is 4.84 Å². The number of carbonyl (C=O) groups excluding carboxylic acids is 3. The van der Waals surface area contributed by atoms with E-state index in [-0.39, 0.29) is 22.5 Å². The molecule has 2 heterocycles. The number of hydrogen-bond acceptors (Lipinski definition) is 7. The first kappa shape index (κ1) is 15.5. The molecule has 0 spiro atoms. The quantitative estimate of drug-likeness (QED) is 0.708. The summed E-state index contributed by atoms with van der Waals surface area (Å²) in [5, 5.41) is 3.96. The first-order valence-electron chi connectivity index (χ1n) is 7.41. The predicted octanol–water partition coefficient (Wildman–Crippen LogP) is 1.40. The summed E-state index contributed by atoms with van der Waals surface area (Å²) in [6.45, 7) is 0. The Morgan fingerprint density at radius 3 is 2.31 bits per heavy atom. The van der Waals surface area contributed by atoms with Crippen LogP contribution < -0.4 is 5.76 Å². The Morgan fingerprint density at radius 2 is 1.69 bits per heavy atom. The third-order valence-electron chi connectivity index (χ3n) is 3.74. The van der Waals surface area contributed by atoms with Gasteiger partial charge in [-0.05, 0) is 24.3 Å². The molecule has 4 rings (SSSR count). The van der Waals surface area contributed by atoms with Crippen molar-refractivity contribution in [2.45, 2.75) is 0 Å². The molecule has 9 heteroatoms. The number of aromatic amines is 1. The van der Waals surface area contributed by atoms with Gasteiger partial charge in [-0.1, -0.05) is 34.5 Å². The Balaban J connectivity index is 1.59. The molecule has 0 radical (unpaired) electrons. The summed E-state index contributed by atoms with van der Waals surface area (Å²) in [5.41, 5.74) is 0.786. The molecule has 2 amide bonds. The fourth-order valence-electron chi connectivity index (χ4n) is 2.53. The van der Waals surface area contributed by atoms with E-state index in [1.165, 1.54) is 30.3 Å². The van der Waals surface area contributed by atoms with Crippen LogP contribution in [0.4, 0.5) is 0 Å². The highest BCUT2D eigenvalue weighted by atomic mass is 16.7. The van der Waals surface area contributed by atoms with Crippen LogP contribution in [0.1, 0.15) is 31.1 Å². The molecule has 0 aliphatic carbocycles. The number of nitrogens with zero attached hydrogens (tertiary/aromatic N) is 2. The Hall–Kier alpha value is -4.01. The molecule has 3 aromatic rings. The molecule has 0 atom stereocenters. The minimum atomic E-state index is -0.910. The van der Waals surface area contributed by atoms with E-state index in [2.05, 4.69) is 14.7 Å². The van der Waals surface area contributed by atoms with Crippen LogP contribution in [0.2, 0.25) is 0 Å². The monoisotopic (exact) mass is 351 g/mol. The third kappa shape index (κ3) is 2.47. The van der Waals surface area contributed by atoms with Crippen molar-refractivity contribution < 1.29 is 23.7 Å². The summed E-state index contributed by atoms with van der Waals surface area (Å²) < 4.78 is 4.42. The van der Waals surface area contributed by atoms with E-state index in [0.29, 0.717) is 10.6 Å². The van der Waals surface area contributed by atoms with E-state index in [4.69, 9.17) is 4.84 Å². The zero-order valence-corrected chi connectivity index (χ0v) is 13.0. The molecule has 1 aromatic heterocycles. The van der Waals surface area contributed by atoms with E-state index < -0.39 is 23.5 Å². The predicted molar refractivity (Wildman–Crippen MR) is 84.9 cm³/mol. The molecule has 26 heavy (non-hydrogen) atoms. The number of hydrogen-bond donors (Lipinski definition) is 1. The number of nitrogens with one attached hydrogen (secondary N) is 1. The van der Waals surface area contributed by atoms with Gasteiger partial charge < -0.3 is 4.84 Å². The molecule has 128 valence electrons. The molecular formula is C17H9N3O6. The molecule has 2 aromatic carbocycles. The van der Waals surface area contributed by atoms with Gasteiger partial charge in [-0.2, -0.15) is 0 Å². The lowest BCUT2D eigenvalue weighted by molar-refractivity contribution is -0.0584. The molecule has 0 saturated heterocycles. The fourth-order valence-corrected chi connectivity index (χ4v) is 2.53. The van der Waals surface area contributed by atoms with Gasteiger partial charge in [0.2, 0.25) is 0 Å². The van der Waals surface area contributed by atoms with Crippen LogP contribution in [0.5, 0.6) is 0 Å². The van der Waals surface area contributed by atoms with Crippen molar-refractivity contribution in [1.82, 2.24) is 15.2 Å². The lowest BCUT2D eigenvalue weighted by Gasteiger charge is -2.12. The standard InChI is InChI=1S/C17H9N3O6/c21-14-11-6-1-2-7-12(11)15(22)20(14)26-16(23)10-5-3-4-9(8-10)13-18-17(24)25-19-13/h1-8H,(H,18,19,24). The van der Waals surface area contributed by atoms with Gasteiger partial charge in [-0.25, -0.2) is 9.59 Å². The van der Waals surface area contributed by atoms with E-state index >= 15 is 0 Å². The van der Waals surface area contributed by atoms with Crippen LogP contribution >= 0.6 is 0 Å². The number of fused-ring (bicyclic) bond motifs is 1. The van der Waals surface area contributed by atoms with Gasteiger partial charge in [-0.3, -0.25) is 19.1 Å². The summed E-state index contributed by atoms with van der Waals surface area (Å²) in [6.07, 6.45) is 0. The van der Waals surface area contributed by atoms with E-state index in [9.17, 15) is 19.2 Å². The van der Waals surface area contributed by atoms with Crippen LogP contribution in [-0.4, -0.2) is 33.0 Å². The van der Waals surface area contributed by atoms with Crippen molar-refractivity contribution in [3.8, 4) is 11.4 Å². The topological polar surface area (TPSA) is 123 Å². The summed E-state index contributed by atoms with van der Waals surface area (Å²) in [6, 6.07) is 12.1. The van der Waals surface area contributed by atoms with Gasteiger partial charge in [0.15, 0.2) is 5.82 Å².